The summed E-state index contributed by atoms with van der Waals surface area (Å²) in [5.74, 6) is -0.485. The van der Waals surface area contributed by atoms with Crippen LogP contribution in [0.3, 0.4) is 0 Å². The molecule has 9 heteroatoms. The number of carbonyl (C=O) groups is 1. The molecule has 1 rings (SSSR count). The van der Waals surface area contributed by atoms with E-state index in [1.165, 1.54) is 24.3 Å². The highest BCUT2D eigenvalue weighted by molar-refractivity contribution is 8.00. The van der Waals surface area contributed by atoms with Gasteiger partial charge in [-0.1, -0.05) is 0 Å². The maximum atomic E-state index is 12.1. The number of alkyl halides is 3. The van der Waals surface area contributed by atoms with E-state index in [1.54, 1.807) is 0 Å². The predicted octanol–water partition coefficient (Wildman–Crippen LogP) is 2.46. The molecule has 0 unspecified atom stereocenters. The highest BCUT2D eigenvalue weighted by Gasteiger charge is 2.29. The molecule has 118 valence electrons. The van der Waals surface area contributed by atoms with Crippen LogP contribution in [0.25, 0.3) is 0 Å². The maximum Gasteiger partial charge on any atom is 0.446 e. The van der Waals surface area contributed by atoms with Crippen LogP contribution in [0.15, 0.2) is 29.2 Å². The molecule has 0 aliphatic heterocycles. The van der Waals surface area contributed by atoms with E-state index in [0.717, 1.165) is 6.26 Å². The van der Waals surface area contributed by atoms with Crippen molar-refractivity contribution in [2.75, 3.05) is 18.6 Å². The molecule has 1 N–H and O–H groups in total. The monoisotopic (exact) mass is 341 g/mol. The summed E-state index contributed by atoms with van der Waals surface area (Å²) < 4.78 is 58.2. The fraction of sp³-hybridized carbons (Fsp3) is 0.417. The number of nitrogens with one attached hydrogen (secondary N) is 1. The van der Waals surface area contributed by atoms with Crippen molar-refractivity contribution >= 4 is 27.5 Å². The van der Waals surface area contributed by atoms with Crippen LogP contribution in [0.5, 0.6) is 0 Å². The van der Waals surface area contributed by atoms with Crippen LogP contribution in [0.2, 0.25) is 0 Å². The SMILES string of the molecule is CS(=O)(=O)CCCNC(=O)c1ccc(SC(F)(F)F)cc1. The number of carbonyl (C=O) groups excluding carboxylic acids is 1. The van der Waals surface area contributed by atoms with Gasteiger partial charge in [-0.2, -0.15) is 13.2 Å². The van der Waals surface area contributed by atoms with Gasteiger partial charge in [0, 0.05) is 23.3 Å². The minimum absolute atomic E-state index is 0.00359. The highest BCUT2D eigenvalue weighted by Crippen LogP contribution is 2.36. The third-order valence-electron chi connectivity index (χ3n) is 2.33. The smallest absolute Gasteiger partial charge is 0.352 e. The van der Waals surface area contributed by atoms with Crippen LogP contribution in [0.1, 0.15) is 16.8 Å². The topological polar surface area (TPSA) is 63.2 Å². The Morgan fingerprint density at radius 3 is 2.29 bits per heavy atom. The highest BCUT2D eigenvalue weighted by atomic mass is 32.2. The molecule has 0 radical (unpaired) electrons. The maximum absolute atomic E-state index is 12.1. The van der Waals surface area contributed by atoms with Gasteiger partial charge in [0.2, 0.25) is 0 Å². The second kappa shape index (κ2) is 7.17. The lowest BCUT2D eigenvalue weighted by Crippen LogP contribution is -2.25. The summed E-state index contributed by atoms with van der Waals surface area (Å²) in [5.41, 5.74) is -4.14. The molecule has 0 fully saturated rings. The van der Waals surface area contributed by atoms with Crippen molar-refractivity contribution in [2.45, 2.75) is 16.8 Å². The van der Waals surface area contributed by atoms with Crippen molar-refractivity contribution in [1.29, 1.82) is 0 Å². The van der Waals surface area contributed by atoms with E-state index >= 15 is 0 Å². The molecule has 0 saturated carbocycles. The molecule has 21 heavy (non-hydrogen) atoms. The van der Waals surface area contributed by atoms with Crippen molar-refractivity contribution in [2.24, 2.45) is 0 Å². The molecule has 0 heterocycles. The molecule has 0 atom stereocenters. The van der Waals surface area contributed by atoms with Crippen LogP contribution >= 0.6 is 11.8 Å². The zero-order valence-corrected chi connectivity index (χ0v) is 12.7. The van der Waals surface area contributed by atoms with E-state index in [1.807, 2.05) is 0 Å². The van der Waals surface area contributed by atoms with Crippen LogP contribution < -0.4 is 5.32 Å². The Morgan fingerprint density at radius 2 is 1.81 bits per heavy atom. The molecule has 0 aromatic heterocycles. The summed E-state index contributed by atoms with van der Waals surface area (Å²) in [5, 5.41) is 2.51. The average molecular weight is 341 g/mol. The molecule has 0 saturated heterocycles. The van der Waals surface area contributed by atoms with E-state index in [4.69, 9.17) is 0 Å². The van der Waals surface area contributed by atoms with Gasteiger partial charge in [0.15, 0.2) is 0 Å². The molecule has 1 amide bonds. The van der Waals surface area contributed by atoms with Gasteiger partial charge in [-0.15, -0.1) is 0 Å². The average Bonchev–Trinajstić information content (AvgIpc) is 2.32. The zero-order valence-electron chi connectivity index (χ0n) is 11.1. The lowest BCUT2D eigenvalue weighted by atomic mass is 10.2. The molecule has 0 spiro atoms. The first-order valence-corrected chi connectivity index (χ1v) is 8.76. The van der Waals surface area contributed by atoms with E-state index in [0.29, 0.717) is 0 Å². The minimum Gasteiger partial charge on any atom is -0.352 e. The van der Waals surface area contributed by atoms with E-state index < -0.39 is 21.3 Å². The largest absolute Gasteiger partial charge is 0.446 e. The third-order valence-corrected chi connectivity index (χ3v) is 4.10. The van der Waals surface area contributed by atoms with E-state index in [-0.39, 0.29) is 40.9 Å². The van der Waals surface area contributed by atoms with Gasteiger partial charge in [-0.05, 0) is 42.4 Å². The van der Waals surface area contributed by atoms with Crippen LogP contribution in [-0.2, 0) is 9.84 Å². The second-order valence-corrected chi connectivity index (χ2v) is 7.71. The Bertz CT molecular complexity index is 583. The lowest BCUT2D eigenvalue weighted by molar-refractivity contribution is -0.0328. The fourth-order valence-electron chi connectivity index (χ4n) is 1.45. The Morgan fingerprint density at radius 1 is 1.24 bits per heavy atom. The number of hydrogen-bond donors (Lipinski definition) is 1. The number of thioether (sulfide) groups is 1. The minimum atomic E-state index is -4.37. The molecule has 4 nitrogen and oxygen atoms in total. The van der Waals surface area contributed by atoms with Gasteiger partial charge in [-0.3, -0.25) is 4.79 Å². The Kier molecular flexibility index (Phi) is 6.09. The third kappa shape index (κ3) is 7.96. The Hall–Kier alpha value is -1.22. The summed E-state index contributed by atoms with van der Waals surface area (Å²) in [6, 6.07) is 5.01. The first kappa shape index (κ1) is 17.8. The predicted molar refractivity (Wildman–Crippen MR) is 75.0 cm³/mol. The zero-order chi connectivity index (χ0) is 16.1. The number of amides is 1. The summed E-state index contributed by atoms with van der Waals surface area (Å²) >= 11 is -0.253. The molecular weight excluding hydrogens is 327 g/mol. The van der Waals surface area contributed by atoms with Crippen molar-refractivity contribution in [3.8, 4) is 0 Å². The summed E-state index contributed by atoms with van der Waals surface area (Å²) in [6.45, 7) is 0.185. The number of benzene rings is 1. The molecule has 0 bridgehead atoms. The normalized spacial score (nSPS) is 12.2. The first-order valence-electron chi connectivity index (χ1n) is 5.88. The van der Waals surface area contributed by atoms with Gasteiger partial charge >= 0.3 is 5.51 Å². The molecule has 0 aliphatic rings. The Balaban J connectivity index is 2.48. The first-order chi connectivity index (χ1) is 9.57. The van der Waals surface area contributed by atoms with Crippen molar-refractivity contribution in [3.05, 3.63) is 29.8 Å². The summed E-state index contributed by atoms with van der Waals surface area (Å²) in [4.78, 5) is 11.7. The second-order valence-electron chi connectivity index (χ2n) is 4.31. The summed E-state index contributed by atoms with van der Waals surface area (Å²) in [6.07, 6.45) is 1.39. The number of hydrogen-bond acceptors (Lipinski definition) is 4. The molecule has 1 aromatic rings. The van der Waals surface area contributed by atoms with Gasteiger partial charge in [0.05, 0.1) is 5.75 Å². The van der Waals surface area contributed by atoms with Gasteiger partial charge < -0.3 is 5.32 Å². The van der Waals surface area contributed by atoms with Gasteiger partial charge in [0.1, 0.15) is 9.84 Å². The molecular formula is C12H14F3NO3S2. The van der Waals surface area contributed by atoms with Crippen molar-refractivity contribution in [3.63, 3.8) is 0 Å². The van der Waals surface area contributed by atoms with Crippen LogP contribution in [0, 0.1) is 0 Å². The fourth-order valence-corrected chi connectivity index (χ4v) is 2.65. The number of rotatable bonds is 6. The van der Waals surface area contributed by atoms with E-state index in [2.05, 4.69) is 5.32 Å². The number of sulfone groups is 1. The molecule has 1 aromatic carbocycles. The van der Waals surface area contributed by atoms with Gasteiger partial charge in [-0.25, -0.2) is 8.42 Å². The molecule has 0 aliphatic carbocycles. The quantitative estimate of drug-likeness (QED) is 0.638. The van der Waals surface area contributed by atoms with Crippen molar-refractivity contribution in [1.82, 2.24) is 5.32 Å². The number of halogens is 3. The van der Waals surface area contributed by atoms with E-state index in [9.17, 15) is 26.4 Å². The van der Waals surface area contributed by atoms with Gasteiger partial charge in [0.25, 0.3) is 5.91 Å². The Labute approximate surface area is 125 Å². The summed E-state index contributed by atoms with van der Waals surface area (Å²) in [7, 11) is -3.07. The van der Waals surface area contributed by atoms with Crippen molar-refractivity contribution < 1.29 is 26.4 Å². The van der Waals surface area contributed by atoms with Crippen LogP contribution in [0.4, 0.5) is 13.2 Å². The van der Waals surface area contributed by atoms with Crippen LogP contribution in [-0.4, -0.2) is 38.4 Å². The standard InChI is InChI=1S/C12H14F3NO3S2/c1-21(18,19)8-2-7-16-11(17)9-3-5-10(6-4-9)20-12(13,14)15/h3-6H,2,7-8H2,1H3,(H,16,17). The lowest BCUT2D eigenvalue weighted by Gasteiger charge is -2.07.